The van der Waals surface area contributed by atoms with Gasteiger partial charge in [-0.2, -0.15) is 4.98 Å². The van der Waals surface area contributed by atoms with Crippen molar-refractivity contribution in [3.63, 3.8) is 0 Å². The average Bonchev–Trinajstić information content (AvgIpc) is 2.77. The highest BCUT2D eigenvalue weighted by molar-refractivity contribution is 4.90. The molecule has 1 aromatic heterocycles. The van der Waals surface area contributed by atoms with Crippen LogP contribution in [0.5, 0.6) is 0 Å². The summed E-state index contributed by atoms with van der Waals surface area (Å²) in [6.45, 7) is 5.75. The number of rotatable bonds is 5. The lowest BCUT2D eigenvalue weighted by Gasteiger charge is -2.31. The molecule has 0 aromatic carbocycles. The predicted octanol–water partition coefficient (Wildman–Crippen LogP) is 0.879. The molecule has 1 atom stereocenters. The van der Waals surface area contributed by atoms with Crippen LogP contribution in [-0.2, 0) is 12.8 Å². The third-order valence-electron chi connectivity index (χ3n) is 3.36. The molecule has 0 amide bonds. The Morgan fingerprint density at radius 1 is 1.53 bits per heavy atom. The first-order valence-electron chi connectivity index (χ1n) is 6.46. The van der Waals surface area contributed by atoms with Gasteiger partial charge >= 0.3 is 0 Å². The first-order chi connectivity index (χ1) is 8.31. The maximum absolute atomic E-state index is 8.78. The van der Waals surface area contributed by atoms with E-state index in [0.717, 1.165) is 25.3 Å². The van der Waals surface area contributed by atoms with Gasteiger partial charge in [0.2, 0.25) is 5.89 Å². The smallest absolute Gasteiger partial charge is 0.228 e. The van der Waals surface area contributed by atoms with Crippen LogP contribution in [0.4, 0.5) is 0 Å². The highest BCUT2D eigenvalue weighted by Crippen LogP contribution is 2.19. The van der Waals surface area contributed by atoms with Gasteiger partial charge in [0.25, 0.3) is 0 Å². The van der Waals surface area contributed by atoms with E-state index in [1.54, 1.807) is 0 Å². The molecule has 0 spiro atoms. The summed E-state index contributed by atoms with van der Waals surface area (Å²) in [7, 11) is 0. The molecule has 96 valence electrons. The van der Waals surface area contributed by atoms with Crippen LogP contribution < -0.4 is 0 Å². The number of hydrogen-bond donors (Lipinski definition) is 1. The van der Waals surface area contributed by atoms with E-state index in [1.807, 2.05) is 0 Å². The van der Waals surface area contributed by atoms with Crippen molar-refractivity contribution in [2.45, 2.75) is 32.6 Å². The number of aliphatic hydroxyl groups excluding tert-OH is 1. The van der Waals surface area contributed by atoms with Crippen molar-refractivity contribution in [1.29, 1.82) is 0 Å². The molecule has 1 saturated heterocycles. The first kappa shape index (κ1) is 12.5. The van der Waals surface area contributed by atoms with Crippen LogP contribution >= 0.6 is 0 Å². The summed E-state index contributed by atoms with van der Waals surface area (Å²) in [6.07, 6.45) is 3.87. The molecule has 2 heterocycles. The number of aromatic nitrogens is 2. The summed E-state index contributed by atoms with van der Waals surface area (Å²) in [5.41, 5.74) is 0. The molecule has 1 fully saturated rings. The fraction of sp³-hybridized carbons (Fsp3) is 0.833. The van der Waals surface area contributed by atoms with E-state index in [9.17, 15) is 0 Å². The molecule has 17 heavy (non-hydrogen) atoms. The van der Waals surface area contributed by atoms with Crippen molar-refractivity contribution >= 4 is 0 Å². The van der Waals surface area contributed by atoms with Crippen molar-refractivity contribution in [2.75, 3.05) is 26.2 Å². The fourth-order valence-corrected chi connectivity index (χ4v) is 2.43. The molecule has 1 unspecified atom stereocenters. The monoisotopic (exact) mass is 239 g/mol. The fourth-order valence-electron chi connectivity index (χ4n) is 2.43. The van der Waals surface area contributed by atoms with E-state index in [1.165, 1.54) is 19.4 Å². The molecule has 0 radical (unpaired) electrons. The average molecular weight is 239 g/mol. The Morgan fingerprint density at radius 3 is 3.18 bits per heavy atom. The number of likely N-dealkylation sites (tertiary alicyclic amines) is 1. The van der Waals surface area contributed by atoms with Crippen LogP contribution in [0.25, 0.3) is 0 Å². The second-order valence-electron chi connectivity index (χ2n) is 4.68. The Labute approximate surface area is 102 Å². The molecular formula is C12H21N3O2. The molecule has 0 bridgehead atoms. The van der Waals surface area contributed by atoms with Gasteiger partial charge in [0.1, 0.15) is 0 Å². The van der Waals surface area contributed by atoms with E-state index in [4.69, 9.17) is 9.63 Å². The van der Waals surface area contributed by atoms with E-state index < -0.39 is 0 Å². The van der Waals surface area contributed by atoms with Gasteiger partial charge in [-0.05, 0) is 31.8 Å². The van der Waals surface area contributed by atoms with Crippen LogP contribution in [0.2, 0.25) is 0 Å². The standard InChI is InChI=1S/C12H21N3O2/c1-2-15-6-3-4-10(9-15)8-11-13-12(5-7-16)17-14-11/h10,16H,2-9H2,1H3. The molecule has 2 rings (SSSR count). The largest absolute Gasteiger partial charge is 0.396 e. The van der Waals surface area contributed by atoms with E-state index in [2.05, 4.69) is 22.0 Å². The second-order valence-corrected chi connectivity index (χ2v) is 4.68. The van der Waals surface area contributed by atoms with Gasteiger partial charge in [0, 0.05) is 13.0 Å². The molecular weight excluding hydrogens is 218 g/mol. The Bertz CT molecular complexity index is 340. The number of aliphatic hydroxyl groups is 1. The van der Waals surface area contributed by atoms with Crippen molar-refractivity contribution in [2.24, 2.45) is 5.92 Å². The van der Waals surface area contributed by atoms with E-state index >= 15 is 0 Å². The van der Waals surface area contributed by atoms with E-state index in [0.29, 0.717) is 18.2 Å². The maximum Gasteiger partial charge on any atom is 0.228 e. The normalized spacial score (nSPS) is 21.9. The van der Waals surface area contributed by atoms with Crippen molar-refractivity contribution in [3.05, 3.63) is 11.7 Å². The molecule has 0 saturated carbocycles. The minimum absolute atomic E-state index is 0.0642. The number of piperidine rings is 1. The van der Waals surface area contributed by atoms with Crippen LogP contribution in [0, 0.1) is 5.92 Å². The van der Waals surface area contributed by atoms with Gasteiger partial charge in [0.15, 0.2) is 5.82 Å². The van der Waals surface area contributed by atoms with Crippen LogP contribution in [0.1, 0.15) is 31.5 Å². The molecule has 0 aliphatic carbocycles. The summed E-state index contributed by atoms with van der Waals surface area (Å²) >= 11 is 0. The summed E-state index contributed by atoms with van der Waals surface area (Å²) in [5.74, 6) is 1.98. The quantitative estimate of drug-likeness (QED) is 0.826. The first-order valence-corrected chi connectivity index (χ1v) is 6.46. The zero-order chi connectivity index (χ0) is 12.1. The SMILES string of the molecule is CCN1CCCC(Cc2noc(CCO)n2)C1. The highest BCUT2D eigenvalue weighted by Gasteiger charge is 2.20. The van der Waals surface area contributed by atoms with Crippen LogP contribution in [0.3, 0.4) is 0 Å². The van der Waals surface area contributed by atoms with E-state index in [-0.39, 0.29) is 6.61 Å². The molecule has 1 aliphatic heterocycles. The summed E-state index contributed by atoms with van der Waals surface area (Å²) < 4.78 is 5.07. The van der Waals surface area contributed by atoms with Gasteiger partial charge in [-0.3, -0.25) is 0 Å². The topological polar surface area (TPSA) is 62.4 Å². The van der Waals surface area contributed by atoms with Crippen molar-refractivity contribution in [1.82, 2.24) is 15.0 Å². The maximum atomic E-state index is 8.78. The lowest BCUT2D eigenvalue weighted by Crippen LogP contribution is -2.36. The Kier molecular flexibility index (Phi) is 4.50. The summed E-state index contributed by atoms with van der Waals surface area (Å²) in [4.78, 5) is 6.76. The molecule has 5 heteroatoms. The lowest BCUT2D eigenvalue weighted by atomic mass is 9.94. The molecule has 1 aromatic rings. The lowest BCUT2D eigenvalue weighted by molar-refractivity contribution is 0.180. The van der Waals surface area contributed by atoms with Gasteiger partial charge in [0.05, 0.1) is 13.0 Å². The summed E-state index contributed by atoms with van der Waals surface area (Å²) in [5, 5.41) is 12.7. The highest BCUT2D eigenvalue weighted by atomic mass is 16.5. The summed E-state index contributed by atoms with van der Waals surface area (Å²) in [6, 6.07) is 0. The minimum Gasteiger partial charge on any atom is -0.396 e. The third-order valence-corrected chi connectivity index (χ3v) is 3.36. The molecule has 1 aliphatic rings. The zero-order valence-electron chi connectivity index (χ0n) is 10.4. The predicted molar refractivity (Wildman–Crippen MR) is 63.6 cm³/mol. The number of nitrogens with zero attached hydrogens (tertiary/aromatic N) is 3. The number of hydrogen-bond acceptors (Lipinski definition) is 5. The minimum atomic E-state index is 0.0642. The third kappa shape index (κ3) is 3.51. The van der Waals surface area contributed by atoms with Crippen LogP contribution in [-0.4, -0.2) is 46.4 Å². The van der Waals surface area contributed by atoms with Gasteiger partial charge < -0.3 is 14.5 Å². The van der Waals surface area contributed by atoms with Crippen molar-refractivity contribution in [3.8, 4) is 0 Å². The molecule has 5 nitrogen and oxygen atoms in total. The van der Waals surface area contributed by atoms with Crippen LogP contribution in [0.15, 0.2) is 4.52 Å². The van der Waals surface area contributed by atoms with Gasteiger partial charge in [-0.15, -0.1) is 0 Å². The second kappa shape index (κ2) is 6.12. The van der Waals surface area contributed by atoms with Gasteiger partial charge in [-0.25, -0.2) is 0 Å². The molecule has 1 N–H and O–H groups in total. The Balaban J connectivity index is 1.86. The van der Waals surface area contributed by atoms with Gasteiger partial charge in [-0.1, -0.05) is 12.1 Å². The Morgan fingerprint density at radius 2 is 2.41 bits per heavy atom. The Hall–Kier alpha value is -0.940. The zero-order valence-corrected chi connectivity index (χ0v) is 10.4. The van der Waals surface area contributed by atoms with Crippen molar-refractivity contribution < 1.29 is 9.63 Å².